The number of hydrogen-bond donors (Lipinski definition) is 2. The first kappa shape index (κ1) is 22.1. The van der Waals surface area contributed by atoms with Crippen LogP contribution in [0.25, 0.3) is 0 Å². The van der Waals surface area contributed by atoms with Crippen LogP contribution >= 0.6 is 12.2 Å². The second-order valence-electron chi connectivity index (χ2n) is 5.87. The van der Waals surface area contributed by atoms with Gasteiger partial charge in [-0.1, -0.05) is 19.9 Å². The molecule has 0 saturated heterocycles. The monoisotopic (exact) mass is 431 g/mol. The zero-order chi connectivity index (χ0) is 21.1. The van der Waals surface area contributed by atoms with E-state index in [1.54, 1.807) is 26.8 Å². The lowest BCUT2D eigenvalue weighted by Gasteiger charge is -2.20. The molecule has 0 aromatic heterocycles. The molecule has 28 heavy (non-hydrogen) atoms. The molecule has 0 atom stereocenters. The summed E-state index contributed by atoms with van der Waals surface area (Å²) in [5, 5.41) is 5.09. The molecule has 2 aromatic carbocycles. The molecule has 0 amide bonds. The maximum atomic E-state index is 13.8. The minimum absolute atomic E-state index is 0.0751. The van der Waals surface area contributed by atoms with Gasteiger partial charge in [0.1, 0.15) is 0 Å². The highest BCUT2D eigenvalue weighted by atomic mass is 32.2. The fourth-order valence-corrected chi connectivity index (χ4v) is 4.21. The second-order valence-corrected chi connectivity index (χ2v) is 8.21. The number of sulfonamides is 1. The van der Waals surface area contributed by atoms with Gasteiger partial charge in [-0.05, 0) is 49.0 Å². The number of halogens is 3. The number of benzene rings is 2. The van der Waals surface area contributed by atoms with Gasteiger partial charge < -0.3 is 10.6 Å². The molecule has 2 rings (SSSR count). The van der Waals surface area contributed by atoms with E-state index in [1.807, 2.05) is 0 Å². The minimum atomic E-state index is -3.67. The minimum Gasteiger partial charge on any atom is -0.332 e. The SMILES string of the molecule is CCN(CC)S(=O)(=O)c1ccc(C)c(NC(=S)Nc2ccc(F)c(F)c2F)c1. The van der Waals surface area contributed by atoms with Gasteiger partial charge >= 0.3 is 0 Å². The number of nitrogens with one attached hydrogen (secondary N) is 2. The summed E-state index contributed by atoms with van der Waals surface area (Å²) in [7, 11) is -3.67. The van der Waals surface area contributed by atoms with Crippen molar-refractivity contribution in [2.24, 2.45) is 0 Å². The Balaban J connectivity index is 2.27. The topological polar surface area (TPSA) is 61.4 Å². The summed E-state index contributed by atoms with van der Waals surface area (Å²) in [4.78, 5) is 0.0751. The fourth-order valence-electron chi connectivity index (χ4n) is 2.51. The van der Waals surface area contributed by atoms with E-state index in [9.17, 15) is 21.6 Å². The van der Waals surface area contributed by atoms with Crippen LogP contribution < -0.4 is 10.6 Å². The lowest BCUT2D eigenvalue weighted by atomic mass is 10.2. The Bertz CT molecular complexity index is 994. The molecule has 2 N–H and O–H groups in total. The van der Waals surface area contributed by atoms with Gasteiger partial charge in [0.2, 0.25) is 10.0 Å². The third-order valence-corrected chi connectivity index (χ3v) is 6.33. The van der Waals surface area contributed by atoms with Gasteiger partial charge in [-0.15, -0.1) is 0 Å². The van der Waals surface area contributed by atoms with E-state index in [1.165, 1.54) is 16.4 Å². The molecule has 0 aliphatic rings. The van der Waals surface area contributed by atoms with Crippen LogP contribution in [0.15, 0.2) is 35.2 Å². The standard InChI is InChI=1S/C18H20F3N3O2S2/c1-4-24(5-2)28(25,26)12-7-6-11(3)15(10-12)23-18(27)22-14-9-8-13(19)16(20)17(14)21/h6-10H,4-5H2,1-3H3,(H2,22,23,27). The van der Waals surface area contributed by atoms with Gasteiger partial charge in [0, 0.05) is 18.8 Å². The predicted octanol–water partition coefficient (Wildman–Crippen LogP) is 4.25. The molecule has 152 valence electrons. The van der Waals surface area contributed by atoms with Gasteiger partial charge in [0.05, 0.1) is 10.6 Å². The maximum absolute atomic E-state index is 13.8. The largest absolute Gasteiger partial charge is 0.332 e. The summed E-state index contributed by atoms with van der Waals surface area (Å²) in [6, 6.07) is 6.29. The number of rotatable bonds is 6. The van der Waals surface area contributed by atoms with Crippen LogP contribution in [0.1, 0.15) is 19.4 Å². The lowest BCUT2D eigenvalue weighted by molar-refractivity contribution is 0.445. The van der Waals surface area contributed by atoms with E-state index < -0.39 is 27.5 Å². The summed E-state index contributed by atoms with van der Waals surface area (Å²) < 4.78 is 66.8. The van der Waals surface area contributed by atoms with Crippen LogP contribution in [0, 0.1) is 24.4 Å². The van der Waals surface area contributed by atoms with E-state index in [2.05, 4.69) is 10.6 Å². The Morgan fingerprint density at radius 1 is 1.00 bits per heavy atom. The van der Waals surface area contributed by atoms with Crippen molar-refractivity contribution < 1.29 is 21.6 Å². The number of thiocarbonyl (C=S) groups is 1. The molecule has 2 aromatic rings. The molecule has 0 saturated carbocycles. The van der Waals surface area contributed by atoms with Crippen molar-refractivity contribution in [3.63, 3.8) is 0 Å². The second kappa shape index (κ2) is 8.89. The third-order valence-electron chi connectivity index (χ3n) is 4.08. The zero-order valence-electron chi connectivity index (χ0n) is 15.5. The van der Waals surface area contributed by atoms with Crippen molar-refractivity contribution in [1.29, 1.82) is 0 Å². The number of nitrogens with zero attached hydrogens (tertiary/aromatic N) is 1. The van der Waals surface area contributed by atoms with Gasteiger partial charge in [0.15, 0.2) is 22.6 Å². The summed E-state index contributed by atoms with van der Waals surface area (Å²) in [5.74, 6) is -4.33. The van der Waals surface area contributed by atoms with Gasteiger partial charge in [-0.2, -0.15) is 4.31 Å². The lowest BCUT2D eigenvalue weighted by Crippen LogP contribution is -2.30. The first-order valence-electron chi connectivity index (χ1n) is 8.44. The Labute approximate surface area is 167 Å². The summed E-state index contributed by atoms with van der Waals surface area (Å²) in [5.41, 5.74) is 0.725. The molecular formula is C18H20F3N3O2S2. The Morgan fingerprint density at radius 2 is 1.61 bits per heavy atom. The molecule has 0 aliphatic carbocycles. The summed E-state index contributed by atoms with van der Waals surface area (Å²) in [6.45, 7) is 5.86. The van der Waals surface area contributed by atoms with E-state index >= 15 is 0 Å². The molecule has 5 nitrogen and oxygen atoms in total. The third kappa shape index (κ3) is 4.62. The van der Waals surface area contributed by atoms with Crippen LogP contribution in [-0.4, -0.2) is 30.9 Å². The molecular weight excluding hydrogens is 411 g/mol. The van der Waals surface area contributed by atoms with E-state index in [0.717, 1.165) is 12.1 Å². The predicted molar refractivity (Wildman–Crippen MR) is 107 cm³/mol. The fraction of sp³-hybridized carbons (Fsp3) is 0.278. The van der Waals surface area contributed by atoms with Gasteiger partial charge in [0.25, 0.3) is 0 Å². The number of aryl methyl sites for hydroxylation is 1. The molecule has 0 bridgehead atoms. The Kier molecular flexibility index (Phi) is 7.02. The smallest absolute Gasteiger partial charge is 0.243 e. The highest BCUT2D eigenvalue weighted by Crippen LogP contribution is 2.24. The van der Waals surface area contributed by atoms with E-state index in [0.29, 0.717) is 24.3 Å². The molecule has 0 radical (unpaired) electrons. The molecule has 0 aliphatic heterocycles. The average molecular weight is 432 g/mol. The van der Waals surface area contributed by atoms with E-state index in [-0.39, 0.29) is 15.7 Å². The first-order valence-corrected chi connectivity index (χ1v) is 10.3. The van der Waals surface area contributed by atoms with Crippen molar-refractivity contribution in [3.8, 4) is 0 Å². The van der Waals surface area contributed by atoms with Crippen molar-refractivity contribution in [1.82, 2.24) is 4.31 Å². The summed E-state index contributed by atoms with van der Waals surface area (Å²) in [6.07, 6.45) is 0. The van der Waals surface area contributed by atoms with Gasteiger partial charge in [-0.25, -0.2) is 21.6 Å². The van der Waals surface area contributed by atoms with Crippen LogP contribution in [0.4, 0.5) is 24.5 Å². The maximum Gasteiger partial charge on any atom is 0.243 e. The molecule has 0 heterocycles. The quantitative estimate of drug-likeness (QED) is 0.529. The Morgan fingerprint density at radius 3 is 2.21 bits per heavy atom. The summed E-state index contributed by atoms with van der Waals surface area (Å²) >= 11 is 5.08. The average Bonchev–Trinajstić information content (AvgIpc) is 2.64. The van der Waals surface area contributed by atoms with Crippen LogP contribution in [-0.2, 0) is 10.0 Å². The normalized spacial score (nSPS) is 11.5. The highest BCUT2D eigenvalue weighted by Gasteiger charge is 2.22. The first-order chi connectivity index (χ1) is 13.1. The molecule has 0 unspecified atom stereocenters. The van der Waals surface area contributed by atoms with Crippen molar-refractivity contribution in [3.05, 3.63) is 53.3 Å². The van der Waals surface area contributed by atoms with E-state index in [4.69, 9.17) is 12.2 Å². The number of hydrogen-bond acceptors (Lipinski definition) is 3. The highest BCUT2D eigenvalue weighted by molar-refractivity contribution is 7.89. The molecule has 10 heteroatoms. The van der Waals surface area contributed by atoms with Crippen LogP contribution in [0.2, 0.25) is 0 Å². The number of anilines is 2. The van der Waals surface area contributed by atoms with Crippen LogP contribution in [0.3, 0.4) is 0 Å². The molecule has 0 fully saturated rings. The van der Waals surface area contributed by atoms with Crippen molar-refractivity contribution in [2.45, 2.75) is 25.7 Å². The van der Waals surface area contributed by atoms with Gasteiger partial charge in [-0.3, -0.25) is 0 Å². The Hall–Kier alpha value is -2.17. The molecule has 0 spiro atoms. The van der Waals surface area contributed by atoms with Crippen molar-refractivity contribution in [2.75, 3.05) is 23.7 Å². The van der Waals surface area contributed by atoms with Crippen LogP contribution in [0.5, 0.6) is 0 Å². The zero-order valence-corrected chi connectivity index (χ0v) is 17.1. The van der Waals surface area contributed by atoms with Crippen molar-refractivity contribution >= 4 is 38.7 Å².